The summed E-state index contributed by atoms with van der Waals surface area (Å²) in [5.41, 5.74) is 7.43. The Morgan fingerprint density at radius 2 is 2.37 bits per heavy atom. The van der Waals surface area contributed by atoms with Crippen LogP contribution in [0.25, 0.3) is 0 Å². The van der Waals surface area contributed by atoms with E-state index in [9.17, 15) is 9.90 Å². The van der Waals surface area contributed by atoms with Gasteiger partial charge in [-0.25, -0.2) is 0 Å². The fraction of sp³-hybridized carbons (Fsp3) is 0.231. The van der Waals surface area contributed by atoms with E-state index >= 15 is 0 Å². The second-order valence-electron chi connectivity index (χ2n) is 4.02. The second-order valence-corrected chi connectivity index (χ2v) is 4.80. The maximum Gasteiger partial charge on any atom is 0.251 e. The van der Waals surface area contributed by atoms with Crippen molar-refractivity contribution in [1.82, 2.24) is 10.3 Å². The van der Waals surface area contributed by atoms with Crippen molar-refractivity contribution < 1.29 is 9.90 Å². The molecular formula is C13H15N3O2S. The second kappa shape index (κ2) is 6.42. The Hall–Kier alpha value is -1.76. The zero-order chi connectivity index (χ0) is 13.7. The summed E-state index contributed by atoms with van der Waals surface area (Å²) >= 11 is 1.51. The van der Waals surface area contributed by atoms with Crippen molar-refractivity contribution in [1.29, 1.82) is 0 Å². The molecule has 2 heterocycles. The molecule has 100 valence electrons. The van der Waals surface area contributed by atoms with E-state index in [0.29, 0.717) is 17.8 Å². The van der Waals surface area contributed by atoms with Gasteiger partial charge in [0.15, 0.2) is 0 Å². The largest absolute Gasteiger partial charge is 0.387 e. The summed E-state index contributed by atoms with van der Waals surface area (Å²) in [5, 5.41) is 16.3. The lowest BCUT2D eigenvalue weighted by Gasteiger charge is -2.10. The molecule has 0 aliphatic heterocycles. The Morgan fingerprint density at radius 1 is 1.53 bits per heavy atom. The molecule has 1 unspecified atom stereocenters. The quantitative estimate of drug-likeness (QED) is 0.762. The predicted octanol–water partition coefficient (Wildman–Crippen LogP) is 1.07. The van der Waals surface area contributed by atoms with Crippen LogP contribution in [-0.2, 0) is 6.54 Å². The van der Waals surface area contributed by atoms with Gasteiger partial charge in [-0.3, -0.25) is 9.78 Å². The lowest BCUT2D eigenvalue weighted by atomic mass is 10.2. The molecule has 0 fully saturated rings. The number of nitrogens with two attached hydrogens (primary N) is 1. The first-order valence-corrected chi connectivity index (χ1v) is 6.78. The number of nitrogens with one attached hydrogen (secondary N) is 1. The normalized spacial score (nSPS) is 12.1. The van der Waals surface area contributed by atoms with Crippen LogP contribution in [-0.4, -0.2) is 22.5 Å². The molecule has 2 rings (SSSR count). The first kappa shape index (κ1) is 13.7. The molecular weight excluding hydrogens is 262 g/mol. The molecule has 0 bridgehead atoms. The highest BCUT2D eigenvalue weighted by atomic mass is 32.1. The van der Waals surface area contributed by atoms with Crippen molar-refractivity contribution in [2.75, 3.05) is 6.54 Å². The van der Waals surface area contributed by atoms with E-state index in [1.54, 1.807) is 18.3 Å². The molecule has 0 spiro atoms. The molecule has 0 aliphatic rings. The summed E-state index contributed by atoms with van der Waals surface area (Å²) in [5.74, 6) is -0.244. The number of aromatic nitrogens is 1. The molecule has 5 nitrogen and oxygen atoms in total. The number of thiophene rings is 1. The highest BCUT2D eigenvalue weighted by Crippen LogP contribution is 2.15. The number of hydrogen-bond acceptors (Lipinski definition) is 5. The Morgan fingerprint density at radius 3 is 3.05 bits per heavy atom. The van der Waals surface area contributed by atoms with Crippen molar-refractivity contribution in [2.24, 2.45) is 5.73 Å². The van der Waals surface area contributed by atoms with Crippen LogP contribution in [0.3, 0.4) is 0 Å². The lowest BCUT2D eigenvalue weighted by molar-refractivity contribution is 0.0916. The Kier molecular flexibility index (Phi) is 4.62. The summed E-state index contributed by atoms with van der Waals surface area (Å²) < 4.78 is 0. The molecule has 4 N–H and O–H groups in total. The van der Waals surface area contributed by atoms with Crippen LogP contribution in [0.2, 0.25) is 0 Å². The first-order chi connectivity index (χ1) is 9.20. The summed E-state index contributed by atoms with van der Waals surface area (Å²) in [7, 11) is 0. The summed E-state index contributed by atoms with van der Waals surface area (Å²) in [6.07, 6.45) is 0.859. The van der Waals surface area contributed by atoms with Gasteiger partial charge in [-0.15, -0.1) is 0 Å². The van der Waals surface area contributed by atoms with E-state index < -0.39 is 6.10 Å². The predicted molar refractivity (Wildman–Crippen MR) is 73.7 cm³/mol. The smallest absolute Gasteiger partial charge is 0.251 e. The molecule has 6 heteroatoms. The van der Waals surface area contributed by atoms with Crippen molar-refractivity contribution in [3.63, 3.8) is 0 Å². The number of aliphatic hydroxyl groups excluding tert-OH is 1. The third kappa shape index (κ3) is 3.60. The minimum absolute atomic E-state index is 0.176. The third-order valence-electron chi connectivity index (χ3n) is 2.67. The van der Waals surface area contributed by atoms with Gasteiger partial charge >= 0.3 is 0 Å². The van der Waals surface area contributed by atoms with Gasteiger partial charge in [-0.2, -0.15) is 11.3 Å². The van der Waals surface area contributed by atoms with E-state index in [2.05, 4.69) is 10.3 Å². The van der Waals surface area contributed by atoms with Gasteiger partial charge in [0.1, 0.15) is 0 Å². The van der Waals surface area contributed by atoms with Gasteiger partial charge in [-0.1, -0.05) is 0 Å². The van der Waals surface area contributed by atoms with Gasteiger partial charge in [-0.05, 0) is 34.5 Å². The van der Waals surface area contributed by atoms with Crippen LogP contribution in [0.15, 0.2) is 35.2 Å². The number of hydrogen-bond donors (Lipinski definition) is 3. The van der Waals surface area contributed by atoms with Crippen molar-refractivity contribution in [3.8, 4) is 0 Å². The maximum atomic E-state index is 11.9. The van der Waals surface area contributed by atoms with Crippen molar-refractivity contribution in [3.05, 3.63) is 52.0 Å². The van der Waals surface area contributed by atoms with Crippen LogP contribution < -0.4 is 11.1 Å². The van der Waals surface area contributed by atoms with Crippen LogP contribution in [0.4, 0.5) is 0 Å². The minimum atomic E-state index is -0.689. The number of carbonyl (C=O) groups excluding carboxylic acids is 1. The third-order valence-corrected chi connectivity index (χ3v) is 3.37. The average molecular weight is 277 g/mol. The fourth-order valence-electron chi connectivity index (χ4n) is 1.60. The van der Waals surface area contributed by atoms with Gasteiger partial charge in [0, 0.05) is 24.8 Å². The van der Waals surface area contributed by atoms with E-state index in [1.807, 2.05) is 16.8 Å². The molecule has 1 amide bonds. The zero-order valence-electron chi connectivity index (χ0n) is 10.2. The van der Waals surface area contributed by atoms with E-state index in [4.69, 9.17) is 5.73 Å². The topological polar surface area (TPSA) is 88.2 Å². The van der Waals surface area contributed by atoms with Crippen LogP contribution >= 0.6 is 11.3 Å². The minimum Gasteiger partial charge on any atom is -0.387 e. The standard InChI is InChI=1S/C13H15N3O2S/c14-6-11-5-9(1-3-15-11)13(18)16-7-12(17)10-2-4-19-8-10/h1-5,8,12,17H,6-7,14H2,(H,16,18). The first-order valence-electron chi connectivity index (χ1n) is 5.84. The number of amides is 1. The van der Waals surface area contributed by atoms with E-state index in [0.717, 1.165) is 5.56 Å². The maximum absolute atomic E-state index is 11.9. The Labute approximate surface area is 115 Å². The van der Waals surface area contributed by atoms with E-state index in [1.165, 1.54) is 11.3 Å². The lowest BCUT2D eigenvalue weighted by Crippen LogP contribution is -2.28. The molecule has 19 heavy (non-hydrogen) atoms. The van der Waals surface area contributed by atoms with Gasteiger partial charge in [0.25, 0.3) is 5.91 Å². The fourth-order valence-corrected chi connectivity index (χ4v) is 2.31. The van der Waals surface area contributed by atoms with Crippen LogP contribution in [0.1, 0.15) is 27.7 Å². The summed E-state index contributed by atoms with van der Waals surface area (Å²) in [4.78, 5) is 15.9. The molecule has 0 saturated carbocycles. The van der Waals surface area contributed by atoms with Crippen LogP contribution in [0.5, 0.6) is 0 Å². The van der Waals surface area contributed by atoms with Gasteiger partial charge in [0.05, 0.1) is 11.8 Å². The molecule has 0 aliphatic carbocycles. The molecule has 2 aromatic rings. The SMILES string of the molecule is NCc1cc(C(=O)NCC(O)c2ccsc2)ccn1. The number of carbonyl (C=O) groups is 1. The van der Waals surface area contributed by atoms with Crippen molar-refractivity contribution in [2.45, 2.75) is 12.6 Å². The monoisotopic (exact) mass is 277 g/mol. The average Bonchev–Trinajstić information content (AvgIpc) is 2.98. The number of pyridine rings is 1. The van der Waals surface area contributed by atoms with Crippen LogP contribution in [0, 0.1) is 0 Å². The zero-order valence-corrected chi connectivity index (χ0v) is 11.1. The summed E-state index contributed by atoms with van der Waals surface area (Å²) in [6.45, 7) is 0.467. The highest BCUT2D eigenvalue weighted by molar-refractivity contribution is 7.07. The van der Waals surface area contributed by atoms with Crippen molar-refractivity contribution >= 4 is 17.2 Å². The number of nitrogens with zero attached hydrogens (tertiary/aromatic N) is 1. The van der Waals surface area contributed by atoms with E-state index in [-0.39, 0.29) is 12.5 Å². The molecule has 0 saturated heterocycles. The molecule has 0 aromatic carbocycles. The Bertz CT molecular complexity index is 543. The molecule has 0 radical (unpaired) electrons. The summed E-state index contributed by atoms with van der Waals surface area (Å²) in [6, 6.07) is 5.10. The molecule has 1 atom stereocenters. The number of rotatable bonds is 5. The van der Waals surface area contributed by atoms with Gasteiger partial charge < -0.3 is 16.2 Å². The Balaban J connectivity index is 1.94. The number of aliphatic hydroxyl groups is 1. The van der Waals surface area contributed by atoms with Gasteiger partial charge in [0.2, 0.25) is 0 Å². The molecule has 2 aromatic heterocycles. The highest BCUT2D eigenvalue weighted by Gasteiger charge is 2.11.